The first-order valence-corrected chi connectivity index (χ1v) is 7.49. The van der Waals surface area contributed by atoms with Crippen LogP contribution in [-0.4, -0.2) is 6.54 Å². The highest BCUT2D eigenvalue weighted by atomic mass is 16.3. The Labute approximate surface area is 115 Å². The molecule has 1 aliphatic carbocycles. The number of nitrogens with one attached hydrogen (secondary N) is 1. The number of rotatable bonds is 4. The van der Waals surface area contributed by atoms with Gasteiger partial charge >= 0.3 is 0 Å². The van der Waals surface area contributed by atoms with Crippen LogP contribution in [0.4, 0.5) is 0 Å². The fourth-order valence-corrected chi connectivity index (χ4v) is 3.43. The first-order valence-electron chi connectivity index (χ1n) is 7.49. The van der Waals surface area contributed by atoms with Crippen LogP contribution in [0.3, 0.4) is 0 Å². The smallest absolute Gasteiger partial charge is 0.134 e. The molecule has 0 spiro atoms. The van der Waals surface area contributed by atoms with E-state index in [1.165, 1.54) is 24.6 Å². The Balaban J connectivity index is 1.90. The van der Waals surface area contributed by atoms with E-state index in [2.05, 4.69) is 43.4 Å². The first-order chi connectivity index (χ1) is 9.28. The highest BCUT2D eigenvalue weighted by Crippen LogP contribution is 2.40. The average molecular weight is 257 g/mol. The molecular weight excluding hydrogens is 234 g/mol. The van der Waals surface area contributed by atoms with Crippen LogP contribution in [0.15, 0.2) is 34.7 Å². The molecule has 2 heteroatoms. The summed E-state index contributed by atoms with van der Waals surface area (Å²) in [6.45, 7) is 5.53. The molecule has 1 aromatic heterocycles. The van der Waals surface area contributed by atoms with Crippen molar-refractivity contribution in [1.82, 2.24) is 5.32 Å². The Morgan fingerprint density at radius 2 is 2.16 bits per heavy atom. The first kappa shape index (κ1) is 12.7. The predicted molar refractivity (Wildman–Crippen MR) is 79.1 cm³/mol. The number of hydrogen-bond acceptors (Lipinski definition) is 2. The molecule has 0 aliphatic heterocycles. The topological polar surface area (TPSA) is 25.2 Å². The monoisotopic (exact) mass is 257 g/mol. The molecule has 0 amide bonds. The van der Waals surface area contributed by atoms with Gasteiger partial charge in [0, 0.05) is 5.39 Å². The van der Waals surface area contributed by atoms with Crippen molar-refractivity contribution in [3.8, 4) is 0 Å². The molecule has 1 fully saturated rings. The lowest BCUT2D eigenvalue weighted by Gasteiger charge is -2.22. The molecule has 0 bridgehead atoms. The zero-order valence-corrected chi connectivity index (χ0v) is 11.9. The van der Waals surface area contributed by atoms with Crippen molar-refractivity contribution in [1.29, 1.82) is 0 Å². The van der Waals surface area contributed by atoms with Gasteiger partial charge in [0.1, 0.15) is 11.3 Å². The lowest BCUT2D eigenvalue weighted by atomic mass is 9.94. The maximum Gasteiger partial charge on any atom is 0.134 e. The molecule has 1 heterocycles. The van der Waals surface area contributed by atoms with Gasteiger partial charge in [-0.15, -0.1) is 0 Å². The quantitative estimate of drug-likeness (QED) is 0.871. The second kappa shape index (κ2) is 5.38. The summed E-state index contributed by atoms with van der Waals surface area (Å²) in [7, 11) is 0. The third-order valence-corrected chi connectivity index (χ3v) is 4.38. The lowest BCUT2D eigenvalue weighted by Crippen LogP contribution is -2.26. The molecule has 0 radical (unpaired) electrons. The van der Waals surface area contributed by atoms with E-state index in [4.69, 9.17) is 4.42 Å². The van der Waals surface area contributed by atoms with E-state index in [-0.39, 0.29) is 0 Å². The van der Waals surface area contributed by atoms with E-state index >= 15 is 0 Å². The summed E-state index contributed by atoms with van der Waals surface area (Å²) in [5.41, 5.74) is 1.01. The van der Waals surface area contributed by atoms with E-state index in [0.717, 1.165) is 29.7 Å². The molecule has 3 rings (SSSR count). The number of fused-ring (bicyclic) bond motifs is 1. The summed E-state index contributed by atoms with van der Waals surface area (Å²) in [5.74, 6) is 2.69. The van der Waals surface area contributed by atoms with Crippen LogP contribution < -0.4 is 5.32 Å². The van der Waals surface area contributed by atoms with Crippen molar-refractivity contribution >= 4 is 11.0 Å². The van der Waals surface area contributed by atoms with Gasteiger partial charge in [-0.05, 0) is 43.4 Å². The Morgan fingerprint density at radius 3 is 2.84 bits per heavy atom. The fourth-order valence-electron chi connectivity index (χ4n) is 3.43. The molecule has 3 atom stereocenters. The van der Waals surface area contributed by atoms with Crippen molar-refractivity contribution < 1.29 is 4.42 Å². The minimum atomic E-state index is 0.377. The van der Waals surface area contributed by atoms with Gasteiger partial charge in [0.2, 0.25) is 0 Å². The molecular formula is C17H23NO. The number of para-hydroxylation sites is 1. The van der Waals surface area contributed by atoms with Crippen LogP contribution >= 0.6 is 0 Å². The minimum Gasteiger partial charge on any atom is -0.459 e. The Hall–Kier alpha value is -1.28. The van der Waals surface area contributed by atoms with E-state index in [1.54, 1.807) is 0 Å². The van der Waals surface area contributed by atoms with Crippen molar-refractivity contribution in [3.63, 3.8) is 0 Å². The van der Waals surface area contributed by atoms with E-state index < -0.39 is 0 Å². The average Bonchev–Trinajstić information content (AvgIpc) is 3.01. The molecule has 1 aromatic carbocycles. The molecule has 3 unspecified atom stereocenters. The second-order valence-electron chi connectivity index (χ2n) is 5.90. The maximum atomic E-state index is 6.07. The molecule has 2 aromatic rings. The van der Waals surface area contributed by atoms with Crippen LogP contribution in [0.2, 0.25) is 0 Å². The fraction of sp³-hybridized carbons (Fsp3) is 0.529. The standard InChI is InChI=1S/C17H23NO/c1-3-18-17(14-9-8-12(2)10-14)16-11-13-6-4-5-7-15(13)19-16/h4-7,11-12,14,17-18H,3,8-10H2,1-2H3. The van der Waals surface area contributed by atoms with Gasteiger partial charge in [0.25, 0.3) is 0 Å². The normalized spacial score (nSPS) is 24.9. The molecule has 0 saturated heterocycles. The van der Waals surface area contributed by atoms with Crippen LogP contribution in [0.25, 0.3) is 11.0 Å². The Bertz CT molecular complexity index is 512. The summed E-state index contributed by atoms with van der Waals surface area (Å²) in [6, 6.07) is 10.9. The number of benzene rings is 1. The molecule has 1 N–H and O–H groups in total. The van der Waals surface area contributed by atoms with Crippen molar-refractivity contribution in [2.45, 2.75) is 39.2 Å². The number of furan rings is 1. The van der Waals surface area contributed by atoms with Gasteiger partial charge in [-0.25, -0.2) is 0 Å². The van der Waals surface area contributed by atoms with E-state index in [1.807, 2.05) is 6.07 Å². The predicted octanol–water partition coefficient (Wildman–Crippen LogP) is 4.52. The molecule has 1 aliphatic rings. The van der Waals surface area contributed by atoms with Gasteiger partial charge in [-0.3, -0.25) is 0 Å². The van der Waals surface area contributed by atoms with Crippen LogP contribution in [0.5, 0.6) is 0 Å². The SMILES string of the molecule is CCNC(c1cc2ccccc2o1)C1CCC(C)C1. The van der Waals surface area contributed by atoms with Crippen LogP contribution in [-0.2, 0) is 0 Å². The third-order valence-electron chi connectivity index (χ3n) is 4.38. The maximum absolute atomic E-state index is 6.07. The summed E-state index contributed by atoms with van der Waals surface area (Å²) < 4.78 is 6.07. The number of hydrogen-bond donors (Lipinski definition) is 1. The lowest BCUT2D eigenvalue weighted by molar-refractivity contribution is 0.318. The highest BCUT2D eigenvalue weighted by molar-refractivity contribution is 5.77. The van der Waals surface area contributed by atoms with Gasteiger partial charge in [0.15, 0.2) is 0 Å². The van der Waals surface area contributed by atoms with Gasteiger partial charge in [-0.1, -0.05) is 38.5 Å². The Morgan fingerprint density at radius 1 is 1.32 bits per heavy atom. The second-order valence-corrected chi connectivity index (χ2v) is 5.90. The van der Waals surface area contributed by atoms with Gasteiger partial charge < -0.3 is 9.73 Å². The van der Waals surface area contributed by atoms with Crippen molar-refractivity contribution in [2.24, 2.45) is 11.8 Å². The summed E-state index contributed by atoms with van der Waals surface area (Å²) >= 11 is 0. The summed E-state index contributed by atoms with van der Waals surface area (Å²) in [6.07, 6.45) is 3.98. The summed E-state index contributed by atoms with van der Waals surface area (Å²) in [5, 5.41) is 4.84. The van der Waals surface area contributed by atoms with Gasteiger partial charge in [0.05, 0.1) is 6.04 Å². The van der Waals surface area contributed by atoms with Crippen molar-refractivity contribution in [3.05, 3.63) is 36.1 Å². The molecule has 1 saturated carbocycles. The molecule has 2 nitrogen and oxygen atoms in total. The highest BCUT2D eigenvalue weighted by Gasteiger charge is 2.31. The zero-order valence-electron chi connectivity index (χ0n) is 11.9. The Kier molecular flexibility index (Phi) is 3.61. The third kappa shape index (κ3) is 2.55. The van der Waals surface area contributed by atoms with E-state index in [0.29, 0.717) is 6.04 Å². The van der Waals surface area contributed by atoms with E-state index in [9.17, 15) is 0 Å². The largest absolute Gasteiger partial charge is 0.459 e. The van der Waals surface area contributed by atoms with Crippen LogP contribution in [0, 0.1) is 11.8 Å². The van der Waals surface area contributed by atoms with Gasteiger partial charge in [-0.2, -0.15) is 0 Å². The summed E-state index contributed by atoms with van der Waals surface area (Å²) in [4.78, 5) is 0. The molecule has 102 valence electrons. The van der Waals surface area contributed by atoms with Crippen molar-refractivity contribution in [2.75, 3.05) is 6.54 Å². The zero-order chi connectivity index (χ0) is 13.2. The van der Waals surface area contributed by atoms with Crippen LogP contribution in [0.1, 0.15) is 44.9 Å². The molecule has 19 heavy (non-hydrogen) atoms. The minimum absolute atomic E-state index is 0.377.